The smallest absolute Gasteiger partial charge is 0.243 e. The molecule has 1 aromatic carbocycles. The summed E-state index contributed by atoms with van der Waals surface area (Å²) in [7, 11) is 0. The lowest BCUT2D eigenvalue weighted by Crippen LogP contribution is -2.49. The van der Waals surface area contributed by atoms with Crippen LogP contribution in [0.5, 0.6) is 0 Å². The van der Waals surface area contributed by atoms with E-state index < -0.39 is 0 Å². The summed E-state index contributed by atoms with van der Waals surface area (Å²) in [5.74, 6) is 0.0676. The van der Waals surface area contributed by atoms with Gasteiger partial charge in [-0.15, -0.1) is 11.3 Å². The van der Waals surface area contributed by atoms with Gasteiger partial charge in [0.1, 0.15) is 6.54 Å². The molecule has 29 heavy (non-hydrogen) atoms. The average Bonchev–Trinajstić information content (AvgIpc) is 3.20. The largest absolute Gasteiger partial charge is 0.331 e. The van der Waals surface area contributed by atoms with Crippen molar-refractivity contribution in [2.45, 2.75) is 58.5 Å². The first-order chi connectivity index (χ1) is 14.0. The zero-order chi connectivity index (χ0) is 21.0. The zero-order valence-electron chi connectivity index (χ0n) is 17.4. The van der Waals surface area contributed by atoms with E-state index >= 15 is 0 Å². The van der Waals surface area contributed by atoms with Gasteiger partial charge in [0.05, 0.1) is 6.04 Å². The van der Waals surface area contributed by atoms with Crippen LogP contribution in [0.1, 0.15) is 62.1 Å². The van der Waals surface area contributed by atoms with Gasteiger partial charge in [0, 0.05) is 28.9 Å². The maximum atomic E-state index is 13.4. The van der Waals surface area contributed by atoms with Crippen molar-refractivity contribution in [3.63, 3.8) is 0 Å². The summed E-state index contributed by atoms with van der Waals surface area (Å²) in [6.07, 6.45) is 2.95. The van der Waals surface area contributed by atoms with E-state index in [1.807, 2.05) is 43.0 Å². The molecule has 2 aromatic rings. The Morgan fingerprint density at radius 1 is 1.24 bits per heavy atom. The molecule has 1 aliphatic rings. The van der Waals surface area contributed by atoms with Gasteiger partial charge in [0.25, 0.3) is 0 Å². The topological polar surface area (TPSA) is 40.6 Å². The van der Waals surface area contributed by atoms with E-state index in [1.54, 1.807) is 16.2 Å². The van der Waals surface area contributed by atoms with Crippen LogP contribution in [0.4, 0.5) is 0 Å². The van der Waals surface area contributed by atoms with Gasteiger partial charge in [-0.2, -0.15) is 0 Å². The van der Waals surface area contributed by atoms with E-state index in [1.165, 1.54) is 10.4 Å². The second-order valence-corrected chi connectivity index (χ2v) is 9.06. The molecule has 0 saturated carbocycles. The molecule has 2 atom stereocenters. The highest BCUT2D eigenvalue weighted by molar-refractivity contribution is 7.10. The summed E-state index contributed by atoms with van der Waals surface area (Å²) in [4.78, 5) is 31.1. The van der Waals surface area contributed by atoms with Crippen LogP contribution in [-0.2, 0) is 16.0 Å². The Labute approximate surface area is 182 Å². The summed E-state index contributed by atoms with van der Waals surface area (Å²) in [5.41, 5.74) is 2.24. The van der Waals surface area contributed by atoms with E-state index in [0.717, 1.165) is 24.8 Å². The Morgan fingerprint density at radius 3 is 2.62 bits per heavy atom. The fraction of sp³-hybridized carbons (Fsp3) is 0.478. The lowest BCUT2D eigenvalue weighted by Gasteiger charge is -2.38. The highest BCUT2D eigenvalue weighted by Crippen LogP contribution is 2.38. The molecule has 2 amide bonds. The van der Waals surface area contributed by atoms with Crippen LogP contribution in [0, 0.1) is 0 Å². The van der Waals surface area contributed by atoms with Gasteiger partial charge < -0.3 is 9.80 Å². The molecule has 156 valence electrons. The van der Waals surface area contributed by atoms with Gasteiger partial charge in [-0.3, -0.25) is 9.59 Å². The van der Waals surface area contributed by atoms with Gasteiger partial charge in [-0.05, 0) is 60.9 Å². The minimum Gasteiger partial charge on any atom is -0.331 e. The molecule has 0 fully saturated rings. The Hall–Kier alpha value is -1.85. The third-order valence-electron chi connectivity index (χ3n) is 5.68. The molecular formula is C23H29ClN2O2S. The van der Waals surface area contributed by atoms with Crippen LogP contribution in [0.25, 0.3) is 0 Å². The number of halogens is 1. The van der Waals surface area contributed by atoms with Crippen molar-refractivity contribution in [2.24, 2.45) is 0 Å². The second kappa shape index (κ2) is 9.77. The molecule has 0 unspecified atom stereocenters. The number of carbonyl (C=O) groups is 2. The third kappa shape index (κ3) is 4.84. The molecular weight excluding hydrogens is 404 g/mol. The van der Waals surface area contributed by atoms with Crippen LogP contribution in [0.2, 0.25) is 5.02 Å². The highest BCUT2D eigenvalue weighted by Gasteiger charge is 2.34. The van der Waals surface area contributed by atoms with Crippen molar-refractivity contribution in [3.8, 4) is 0 Å². The number of benzene rings is 1. The molecule has 1 aromatic heterocycles. The first-order valence-electron chi connectivity index (χ1n) is 10.4. The molecule has 1 aliphatic heterocycles. The van der Waals surface area contributed by atoms with Gasteiger partial charge in [-0.1, -0.05) is 37.6 Å². The predicted molar refractivity (Wildman–Crippen MR) is 119 cm³/mol. The maximum absolute atomic E-state index is 13.4. The first-order valence-corrected chi connectivity index (χ1v) is 11.6. The SMILES string of the molecule is CCCC(=O)N(CC(=O)N1CCc2sccc2[C@H]1c1ccc(Cl)cc1)[C@@H](C)CC. The zero-order valence-corrected chi connectivity index (χ0v) is 18.9. The number of amides is 2. The van der Waals surface area contributed by atoms with E-state index in [0.29, 0.717) is 18.0 Å². The van der Waals surface area contributed by atoms with Crippen LogP contribution in [0.3, 0.4) is 0 Å². The van der Waals surface area contributed by atoms with Crippen molar-refractivity contribution >= 4 is 34.8 Å². The lowest BCUT2D eigenvalue weighted by atomic mass is 9.93. The highest BCUT2D eigenvalue weighted by atomic mass is 35.5. The van der Waals surface area contributed by atoms with E-state index in [2.05, 4.69) is 18.4 Å². The van der Waals surface area contributed by atoms with E-state index in [-0.39, 0.29) is 30.4 Å². The van der Waals surface area contributed by atoms with Crippen LogP contribution in [0.15, 0.2) is 35.7 Å². The van der Waals surface area contributed by atoms with Crippen molar-refractivity contribution in [1.29, 1.82) is 0 Å². The van der Waals surface area contributed by atoms with Crippen molar-refractivity contribution in [1.82, 2.24) is 9.80 Å². The number of fused-ring (bicyclic) bond motifs is 1. The summed E-state index contributed by atoms with van der Waals surface area (Å²) in [5, 5.41) is 2.78. The molecule has 4 nitrogen and oxygen atoms in total. The summed E-state index contributed by atoms with van der Waals surface area (Å²) in [6.45, 7) is 6.86. The van der Waals surface area contributed by atoms with Crippen LogP contribution < -0.4 is 0 Å². The minimum atomic E-state index is -0.130. The number of carbonyl (C=O) groups excluding carboxylic acids is 2. The van der Waals surface area contributed by atoms with Crippen LogP contribution in [-0.4, -0.2) is 40.7 Å². The van der Waals surface area contributed by atoms with Gasteiger partial charge in [0.15, 0.2) is 0 Å². The minimum absolute atomic E-state index is 0.00607. The number of nitrogens with zero attached hydrogens (tertiary/aromatic N) is 2. The molecule has 2 heterocycles. The Kier molecular flexibility index (Phi) is 7.36. The quantitative estimate of drug-likeness (QED) is 0.595. The summed E-state index contributed by atoms with van der Waals surface area (Å²) in [6, 6.07) is 9.77. The number of rotatable bonds is 7. The average molecular weight is 433 g/mol. The standard InChI is InChI=1S/C23H29ClN2O2S/c1-4-6-21(27)26(16(3)5-2)15-22(28)25-13-11-20-19(12-14-29-20)23(25)17-7-9-18(24)10-8-17/h7-10,12,14,16,23H,4-6,11,13,15H2,1-3H3/t16-,23+/m0/s1. The van der Waals surface area contributed by atoms with Crippen molar-refractivity contribution < 1.29 is 9.59 Å². The Morgan fingerprint density at radius 2 is 1.97 bits per heavy atom. The normalized spacial score (nSPS) is 17.0. The van der Waals surface area contributed by atoms with Crippen LogP contribution >= 0.6 is 22.9 Å². The molecule has 0 N–H and O–H groups in total. The summed E-state index contributed by atoms with van der Waals surface area (Å²) < 4.78 is 0. The Bertz CT molecular complexity index is 849. The molecule has 0 aliphatic carbocycles. The first kappa shape index (κ1) is 21.8. The van der Waals surface area contributed by atoms with Gasteiger partial charge >= 0.3 is 0 Å². The third-order valence-corrected chi connectivity index (χ3v) is 6.93. The monoisotopic (exact) mass is 432 g/mol. The fourth-order valence-electron chi connectivity index (χ4n) is 3.89. The number of hydrogen-bond donors (Lipinski definition) is 0. The molecule has 0 saturated heterocycles. The van der Waals surface area contributed by atoms with Gasteiger partial charge in [-0.25, -0.2) is 0 Å². The molecule has 3 rings (SSSR count). The predicted octanol–water partition coefficient (Wildman–Crippen LogP) is 5.30. The molecule has 0 radical (unpaired) electrons. The van der Waals surface area contributed by atoms with Crippen molar-refractivity contribution in [3.05, 3.63) is 56.7 Å². The Balaban J connectivity index is 1.89. The lowest BCUT2D eigenvalue weighted by molar-refractivity contribution is -0.143. The number of hydrogen-bond acceptors (Lipinski definition) is 3. The fourth-order valence-corrected chi connectivity index (χ4v) is 4.92. The molecule has 6 heteroatoms. The molecule has 0 bridgehead atoms. The summed E-state index contributed by atoms with van der Waals surface area (Å²) >= 11 is 7.84. The van der Waals surface area contributed by atoms with Crippen molar-refractivity contribution in [2.75, 3.05) is 13.1 Å². The number of thiophene rings is 1. The van der Waals surface area contributed by atoms with E-state index in [4.69, 9.17) is 11.6 Å². The van der Waals surface area contributed by atoms with Gasteiger partial charge in [0.2, 0.25) is 11.8 Å². The maximum Gasteiger partial charge on any atom is 0.243 e. The molecule has 0 spiro atoms. The second-order valence-electron chi connectivity index (χ2n) is 7.62. The van der Waals surface area contributed by atoms with E-state index in [9.17, 15) is 9.59 Å².